The number of carbonyl (C=O) groups excluding carboxylic acids is 2. The first-order valence-corrected chi connectivity index (χ1v) is 5.47. The number of aromatic nitrogens is 2. The molecule has 1 aromatic carbocycles. The summed E-state index contributed by atoms with van der Waals surface area (Å²) in [5.74, 6) is -0.959. The van der Waals surface area contributed by atoms with Gasteiger partial charge in [-0.2, -0.15) is 0 Å². The van der Waals surface area contributed by atoms with E-state index in [1.165, 1.54) is 25.7 Å². The van der Waals surface area contributed by atoms with Gasteiger partial charge in [-0.25, -0.2) is 9.78 Å². The third-order valence-electron chi connectivity index (χ3n) is 2.38. The lowest BCUT2D eigenvalue weighted by Gasteiger charge is -2.08. The second-order valence-corrected chi connectivity index (χ2v) is 3.58. The third-order valence-corrected chi connectivity index (χ3v) is 2.38. The molecule has 6 heteroatoms. The normalized spacial score (nSPS) is 9.74. The number of nitrogens with one attached hydrogen (secondary N) is 1. The molecule has 6 nitrogen and oxygen atoms in total. The van der Waals surface area contributed by atoms with Crippen molar-refractivity contribution in [3.05, 3.63) is 54.1 Å². The maximum absolute atomic E-state index is 11.9. The number of hydrogen-bond acceptors (Lipinski definition) is 5. The highest BCUT2D eigenvalue weighted by Crippen LogP contribution is 2.16. The molecule has 1 amide bonds. The van der Waals surface area contributed by atoms with E-state index in [-0.39, 0.29) is 11.3 Å². The Labute approximate surface area is 109 Å². The van der Waals surface area contributed by atoms with E-state index in [1.807, 2.05) is 0 Å². The summed E-state index contributed by atoms with van der Waals surface area (Å²) in [7, 11) is 1.28. The van der Waals surface area contributed by atoms with Crippen LogP contribution >= 0.6 is 0 Å². The van der Waals surface area contributed by atoms with Crippen LogP contribution in [0.5, 0.6) is 0 Å². The average Bonchev–Trinajstić information content (AvgIpc) is 2.48. The fourth-order valence-corrected chi connectivity index (χ4v) is 1.48. The number of para-hydroxylation sites is 1. The van der Waals surface area contributed by atoms with Gasteiger partial charge in [0, 0.05) is 12.4 Å². The molecule has 0 aliphatic heterocycles. The molecule has 2 rings (SSSR count). The summed E-state index contributed by atoms with van der Waals surface area (Å²) in [6.45, 7) is 0. The number of carbonyl (C=O) groups is 2. The van der Waals surface area contributed by atoms with E-state index in [9.17, 15) is 9.59 Å². The second kappa shape index (κ2) is 5.72. The predicted octanol–water partition coefficient (Wildman–Crippen LogP) is 1.52. The molecule has 0 unspecified atom stereocenters. The van der Waals surface area contributed by atoms with Crippen LogP contribution in [0, 0.1) is 0 Å². The van der Waals surface area contributed by atoms with Crippen molar-refractivity contribution in [2.24, 2.45) is 0 Å². The first kappa shape index (κ1) is 12.7. The van der Waals surface area contributed by atoms with Crippen LogP contribution < -0.4 is 5.32 Å². The number of rotatable bonds is 3. The molecule has 1 N–H and O–H groups in total. The van der Waals surface area contributed by atoms with Crippen molar-refractivity contribution < 1.29 is 14.3 Å². The van der Waals surface area contributed by atoms with Crippen molar-refractivity contribution in [2.75, 3.05) is 12.4 Å². The van der Waals surface area contributed by atoms with E-state index in [1.54, 1.807) is 24.3 Å². The van der Waals surface area contributed by atoms with Crippen molar-refractivity contribution >= 4 is 17.6 Å². The predicted molar refractivity (Wildman–Crippen MR) is 67.8 cm³/mol. The molecular formula is C13H11N3O3. The minimum Gasteiger partial charge on any atom is -0.465 e. The molecule has 0 aliphatic rings. The Hall–Kier alpha value is -2.76. The van der Waals surface area contributed by atoms with E-state index < -0.39 is 11.9 Å². The van der Waals surface area contributed by atoms with Gasteiger partial charge in [-0.1, -0.05) is 12.1 Å². The van der Waals surface area contributed by atoms with Crippen LogP contribution in [-0.2, 0) is 4.74 Å². The fourth-order valence-electron chi connectivity index (χ4n) is 1.48. The highest BCUT2D eigenvalue weighted by Gasteiger charge is 2.14. The summed E-state index contributed by atoms with van der Waals surface area (Å²) in [5, 5.41) is 2.60. The number of benzene rings is 1. The van der Waals surface area contributed by atoms with Gasteiger partial charge >= 0.3 is 5.97 Å². The lowest BCUT2D eigenvalue weighted by molar-refractivity contribution is 0.0602. The monoisotopic (exact) mass is 257 g/mol. The van der Waals surface area contributed by atoms with Gasteiger partial charge in [0.25, 0.3) is 5.91 Å². The molecule has 19 heavy (non-hydrogen) atoms. The highest BCUT2D eigenvalue weighted by atomic mass is 16.5. The van der Waals surface area contributed by atoms with Crippen molar-refractivity contribution in [2.45, 2.75) is 0 Å². The Morgan fingerprint density at radius 2 is 2.00 bits per heavy atom. The van der Waals surface area contributed by atoms with Crippen molar-refractivity contribution in [1.82, 2.24) is 9.97 Å². The Kier molecular flexibility index (Phi) is 3.82. The van der Waals surface area contributed by atoms with Gasteiger partial charge in [-0.3, -0.25) is 9.78 Å². The zero-order valence-electron chi connectivity index (χ0n) is 10.2. The van der Waals surface area contributed by atoms with E-state index in [0.717, 1.165) is 0 Å². The Bertz CT molecular complexity index is 599. The molecule has 0 spiro atoms. The summed E-state index contributed by atoms with van der Waals surface area (Å²) < 4.78 is 4.65. The lowest BCUT2D eigenvalue weighted by atomic mass is 10.1. The van der Waals surface area contributed by atoms with Crippen LogP contribution in [0.1, 0.15) is 20.8 Å². The minimum atomic E-state index is -0.518. The molecule has 0 radical (unpaired) electrons. The SMILES string of the molecule is COC(=O)c1ccccc1NC(=O)c1cnccn1. The molecule has 1 aromatic heterocycles. The second-order valence-electron chi connectivity index (χ2n) is 3.58. The Morgan fingerprint density at radius 3 is 2.68 bits per heavy atom. The minimum absolute atomic E-state index is 0.169. The number of hydrogen-bond donors (Lipinski definition) is 1. The average molecular weight is 257 g/mol. The zero-order chi connectivity index (χ0) is 13.7. The van der Waals surface area contributed by atoms with Crippen LogP contribution in [0.3, 0.4) is 0 Å². The van der Waals surface area contributed by atoms with Crippen molar-refractivity contribution in [1.29, 1.82) is 0 Å². The number of methoxy groups -OCH3 is 1. The quantitative estimate of drug-likeness (QED) is 0.843. The molecule has 0 bridgehead atoms. The number of anilines is 1. The largest absolute Gasteiger partial charge is 0.465 e. The van der Waals surface area contributed by atoms with E-state index >= 15 is 0 Å². The third kappa shape index (κ3) is 2.92. The maximum Gasteiger partial charge on any atom is 0.339 e. The number of ether oxygens (including phenoxy) is 1. The number of esters is 1. The first-order chi connectivity index (χ1) is 9.22. The van der Waals surface area contributed by atoms with Crippen LogP contribution in [-0.4, -0.2) is 29.0 Å². The van der Waals surface area contributed by atoms with Crippen LogP contribution in [0.4, 0.5) is 5.69 Å². The van der Waals surface area contributed by atoms with Gasteiger partial charge < -0.3 is 10.1 Å². The molecule has 0 saturated carbocycles. The molecular weight excluding hydrogens is 246 g/mol. The molecule has 0 atom stereocenters. The fraction of sp³-hybridized carbons (Fsp3) is 0.0769. The van der Waals surface area contributed by atoms with Gasteiger partial charge in [0.2, 0.25) is 0 Å². The van der Waals surface area contributed by atoms with E-state index in [2.05, 4.69) is 20.0 Å². The highest BCUT2D eigenvalue weighted by molar-refractivity contribution is 6.06. The van der Waals surface area contributed by atoms with Gasteiger partial charge in [0.1, 0.15) is 5.69 Å². The zero-order valence-corrected chi connectivity index (χ0v) is 10.2. The van der Waals surface area contributed by atoms with Crippen LogP contribution in [0.15, 0.2) is 42.9 Å². The van der Waals surface area contributed by atoms with Gasteiger partial charge in [-0.05, 0) is 12.1 Å². The summed E-state index contributed by atoms with van der Waals surface area (Å²) in [5.41, 5.74) is 0.814. The summed E-state index contributed by atoms with van der Waals surface area (Å²) >= 11 is 0. The van der Waals surface area contributed by atoms with Gasteiger partial charge in [0.05, 0.1) is 24.6 Å². The first-order valence-electron chi connectivity index (χ1n) is 5.47. The Morgan fingerprint density at radius 1 is 1.21 bits per heavy atom. The topological polar surface area (TPSA) is 81.2 Å². The van der Waals surface area contributed by atoms with Crippen molar-refractivity contribution in [3.63, 3.8) is 0 Å². The maximum atomic E-state index is 11.9. The molecule has 0 aliphatic carbocycles. The summed E-state index contributed by atoms with van der Waals surface area (Å²) in [6.07, 6.45) is 4.23. The van der Waals surface area contributed by atoms with Crippen molar-refractivity contribution in [3.8, 4) is 0 Å². The molecule has 0 saturated heterocycles. The number of amides is 1. The lowest BCUT2D eigenvalue weighted by Crippen LogP contribution is -2.16. The standard InChI is InChI=1S/C13H11N3O3/c1-19-13(18)9-4-2-3-5-10(9)16-12(17)11-8-14-6-7-15-11/h2-8H,1H3,(H,16,17). The van der Waals surface area contributed by atoms with Crippen LogP contribution in [0.2, 0.25) is 0 Å². The van der Waals surface area contributed by atoms with Crippen LogP contribution in [0.25, 0.3) is 0 Å². The Balaban J connectivity index is 2.25. The van der Waals surface area contributed by atoms with Gasteiger partial charge in [-0.15, -0.1) is 0 Å². The van der Waals surface area contributed by atoms with E-state index in [4.69, 9.17) is 0 Å². The molecule has 1 heterocycles. The molecule has 96 valence electrons. The molecule has 0 fully saturated rings. The van der Waals surface area contributed by atoms with E-state index in [0.29, 0.717) is 5.69 Å². The summed E-state index contributed by atoms with van der Waals surface area (Å²) in [6, 6.07) is 6.57. The van der Waals surface area contributed by atoms with Gasteiger partial charge in [0.15, 0.2) is 0 Å². The smallest absolute Gasteiger partial charge is 0.339 e. The summed E-state index contributed by atoms with van der Waals surface area (Å²) in [4.78, 5) is 31.1. The number of nitrogens with zero attached hydrogens (tertiary/aromatic N) is 2. The molecule has 2 aromatic rings.